The molecule has 6 atom stereocenters. The first-order valence-corrected chi connectivity index (χ1v) is 23.3. The molecule has 15 nitrogen and oxygen atoms in total. The Labute approximate surface area is 374 Å². The van der Waals surface area contributed by atoms with Crippen LogP contribution in [-0.2, 0) is 43.2 Å². The van der Waals surface area contributed by atoms with Gasteiger partial charge in [0.15, 0.2) is 0 Å². The van der Waals surface area contributed by atoms with Crippen molar-refractivity contribution in [2.24, 2.45) is 17.3 Å². The number of carbonyl (C=O) groups is 4. The molecule has 0 spiro atoms. The highest BCUT2D eigenvalue weighted by atomic mass is 32.1. The van der Waals surface area contributed by atoms with Gasteiger partial charge in [0.2, 0.25) is 5.91 Å². The number of likely N-dealkylation sites (tertiary alicyclic amines) is 2. The fourth-order valence-corrected chi connectivity index (χ4v) is 11.0. The monoisotopic (exact) mass is 881 g/mol. The third kappa shape index (κ3) is 8.71. The maximum atomic E-state index is 14.6. The molecule has 338 valence electrons. The normalized spacial score (nSPS) is 23.8. The number of hydrogen-bond acceptors (Lipinski definition) is 11. The number of urea groups is 1. The molecule has 3 saturated heterocycles. The smallest absolute Gasteiger partial charge is 0.324 e. The van der Waals surface area contributed by atoms with Gasteiger partial charge in [-0.2, -0.15) is 0 Å². The van der Waals surface area contributed by atoms with Crippen LogP contribution in [0, 0.1) is 17.3 Å². The number of carbonyl (C=O) groups excluding carboxylic acids is 4. The number of fused-ring (bicyclic) bond motifs is 7. The number of methoxy groups -OCH3 is 1. The second-order valence-electron chi connectivity index (χ2n) is 19.1. The van der Waals surface area contributed by atoms with Crippen LogP contribution in [0.1, 0.15) is 76.8 Å². The van der Waals surface area contributed by atoms with Crippen molar-refractivity contribution in [3.05, 3.63) is 58.2 Å². The molecule has 6 bridgehead atoms. The Morgan fingerprint density at radius 2 is 1.94 bits per heavy atom. The van der Waals surface area contributed by atoms with Crippen molar-refractivity contribution in [3.8, 4) is 22.5 Å². The van der Waals surface area contributed by atoms with Crippen LogP contribution in [0.5, 0.6) is 0 Å². The summed E-state index contributed by atoms with van der Waals surface area (Å²) < 4.78 is 14.3. The number of ether oxygens (including phenoxy) is 2. The SMILES string of the molecule is CCn1c(-c2cccnc2[C@H](C)OC)c2c3cc(ccc31)-c1csc(n1)C[C@H](NC(=O)[C@H](C(C)C)N(C)C(=O)N1C[C@@H]3CN(C)C[C@@H]31)C(=O)N1CCC[C@H](N1)C(=O)OCC(C)(C)C2. The molecular weight excluding hydrogens is 819 g/mol. The Hall–Kier alpha value is -4.90. The first-order valence-electron chi connectivity index (χ1n) is 22.4. The number of amides is 4. The van der Waals surface area contributed by atoms with Crippen molar-refractivity contribution in [2.75, 3.05) is 54.0 Å². The van der Waals surface area contributed by atoms with Gasteiger partial charge in [-0.05, 0) is 75.9 Å². The largest absolute Gasteiger partial charge is 0.464 e. The molecule has 3 fully saturated rings. The van der Waals surface area contributed by atoms with Gasteiger partial charge in [0.25, 0.3) is 5.91 Å². The zero-order chi connectivity index (χ0) is 44.9. The fraction of sp³-hybridized carbons (Fsp3) is 0.574. The number of cyclic esters (lactones) is 1. The highest BCUT2D eigenvalue weighted by Gasteiger charge is 2.49. The number of aryl methyl sites for hydroxylation is 1. The van der Waals surface area contributed by atoms with Crippen LogP contribution in [0.4, 0.5) is 4.79 Å². The number of likely N-dealkylation sites (N-methyl/N-ethyl adjacent to an activating group) is 2. The molecule has 2 N–H and O–H groups in total. The fourth-order valence-electron chi connectivity index (χ4n) is 10.1. The summed E-state index contributed by atoms with van der Waals surface area (Å²) in [5.41, 5.74) is 9.43. The van der Waals surface area contributed by atoms with E-state index < -0.39 is 35.4 Å². The summed E-state index contributed by atoms with van der Waals surface area (Å²) in [5.74, 6) is -1.03. The molecule has 0 unspecified atom stereocenters. The van der Waals surface area contributed by atoms with Crippen LogP contribution in [0.15, 0.2) is 41.9 Å². The van der Waals surface area contributed by atoms with Crippen molar-refractivity contribution >= 4 is 46.1 Å². The van der Waals surface area contributed by atoms with E-state index in [1.54, 1.807) is 20.4 Å². The predicted molar refractivity (Wildman–Crippen MR) is 243 cm³/mol. The molecule has 4 aromatic rings. The molecular formula is C47H63N9O6S. The zero-order valence-electron chi connectivity index (χ0n) is 38.1. The summed E-state index contributed by atoms with van der Waals surface area (Å²) in [6.07, 6.45) is 3.32. The Kier molecular flexibility index (Phi) is 12.7. The minimum absolute atomic E-state index is 0.118. The number of thiazole rings is 1. The number of benzene rings is 1. The van der Waals surface area contributed by atoms with E-state index in [0.717, 1.165) is 57.8 Å². The summed E-state index contributed by atoms with van der Waals surface area (Å²) in [5, 5.41) is 8.25. The van der Waals surface area contributed by atoms with Crippen LogP contribution < -0.4 is 10.7 Å². The molecule has 0 radical (unpaired) electrons. The summed E-state index contributed by atoms with van der Waals surface area (Å²) in [4.78, 5) is 72.3. The van der Waals surface area contributed by atoms with Gasteiger partial charge in [0, 0.05) is 98.2 Å². The third-order valence-corrected chi connectivity index (χ3v) is 14.3. The van der Waals surface area contributed by atoms with Crippen molar-refractivity contribution in [3.63, 3.8) is 0 Å². The van der Waals surface area contributed by atoms with E-state index in [1.807, 2.05) is 37.1 Å². The minimum atomic E-state index is -1.03. The Bertz CT molecular complexity index is 2380. The highest BCUT2D eigenvalue weighted by molar-refractivity contribution is 7.10. The van der Waals surface area contributed by atoms with Crippen LogP contribution in [-0.4, -0.2) is 136 Å². The molecule has 7 heterocycles. The van der Waals surface area contributed by atoms with E-state index in [0.29, 0.717) is 49.8 Å². The van der Waals surface area contributed by atoms with Crippen LogP contribution >= 0.6 is 11.3 Å². The van der Waals surface area contributed by atoms with Gasteiger partial charge in [-0.1, -0.05) is 33.8 Å². The van der Waals surface area contributed by atoms with Gasteiger partial charge in [-0.25, -0.2) is 15.2 Å². The van der Waals surface area contributed by atoms with Gasteiger partial charge in [0.1, 0.15) is 18.1 Å². The summed E-state index contributed by atoms with van der Waals surface area (Å²) in [6.45, 7) is 15.8. The van der Waals surface area contributed by atoms with E-state index >= 15 is 0 Å². The molecule has 3 aromatic heterocycles. The Morgan fingerprint density at radius 3 is 2.67 bits per heavy atom. The second kappa shape index (κ2) is 17.9. The van der Waals surface area contributed by atoms with Crippen molar-refractivity contribution < 1.29 is 28.7 Å². The summed E-state index contributed by atoms with van der Waals surface area (Å²) >= 11 is 1.44. The molecule has 16 heteroatoms. The van der Waals surface area contributed by atoms with Gasteiger partial charge in [0.05, 0.1) is 40.8 Å². The molecule has 1 aromatic carbocycles. The number of hydrazine groups is 1. The average molecular weight is 882 g/mol. The number of aromatic nitrogens is 3. The molecule has 4 aliphatic rings. The zero-order valence-corrected chi connectivity index (χ0v) is 39.0. The average Bonchev–Trinajstić information content (AvgIpc) is 3.94. The van der Waals surface area contributed by atoms with E-state index in [1.165, 1.54) is 21.2 Å². The number of esters is 1. The van der Waals surface area contributed by atoms with E-state index in [2.05, 4.69) is 72.3 Å². The van der Waals surface area contributed by atoms with Gasteiger partial charge in [-0.3, -0.25) is 24.4 Å². The topological polar surface area (TPSA) is 154 Å². The lowest BCUT2D eigenvalue weighted by atomic mass is 9.84. The van der Waals surface area contributed by atoms with Crippen molar-refractivity contribution in [2.45, 2.75) is 104 Å². The Morgan fingerprint density at radius 1 is 1.14 bits per heavy atom. The second-order valence-corrected chi connectivity index (χ2v) is 20.0. The number of hydrogen-bond donors (Lipinski definition) is 2. The highest BCUT2D eigenvalue weighted by Crippen LogP contribution is 2.42. The van der Waals surface area contributed by atoms with Gasteiger partial charge < -0.3 is 34.1 Å². The lowest BCUT2D eigenvalue weighted by Gasteiger charge is -2.46. The lowest BCUT2D eigenvalue weighted by molar-refractivity contribution is -0.155. The van der Waals surface area contributed by atoms with Crippen LogP contribution in [0.3, 0.4) is 0 Å². The van der Waals surface area contributed by atoms with Gasteiger partial charge >= 0.3 is 12.0 Å². The van der Waals surface area contributed by atoms with E-state index in [9.17, 15) is 19.2 Å². The third-order valence-electron chi connectivity index (χ3n) is 13.4. The molecule has 4 amide bonds. The number of pyridine rings is 1. The van der Waals surface area contributed by atoms with Crippen LogP contribution in [0.25, 0.3) is 33.4 Å². The van der Waals surface area contributed by atoms with E-state index in [4.69, 9.17) is 19.4 Å². The van der Waals surface area contributed by atoms with Crippen LogP contribution in [0.2, 0.25) is 0 Å². The predicted octanol–water partition coefficient (Wildman–Crippen LogP) is 5.52. The first-order chi connectivity index (χ1) is 30.1. The molecule has 63 heavy (non-hydrogen) atoms. The maximum absolute atomic E-state index is 14.6. The summed E-state index contributed by atoms with van der Waals surface area (Å²) in [7, 11) is 5.44. The van der Waals surface area contributed by atoms with Crippen molar-refractivity contribution in [1.29, 1.82) is 0 Å². The number of nitrogens with zero attached hydrogens (tertiary/aromatic N) is 7. The Balaban J connectivity index is 1.17. The standard InChI is InChI=1S/C47H63N9O6S/c1-10-54-37-16-15-29-19-32(37)33(42(54)31-13-11-17-48-40(31)28(4)61-9)21-47(5,6)26-62-45(59)34-14-12-18-56(51-34)44(58)35(20-39-49-36(29)25-63-39)50-43(57)41(27(2)3)53(8)46(60)55-23-30-22-52(7)24-38(30)55/h11,13,15-17,19,25,27-28,30,34-35,38,41,51H,10,12,14,18,20-24,26H2,1-9H3,(H,50,57)/t28-,30-,34-,35-,38-,41-/m0/s1. The number of rotatable bonds is 8. The van der Waals surface area contributed by atoms with Crippen molar-refractivity contribution in [1.82, 2.24) is 45.0 Å². The quantitative estimate of drug-likeness (QED) is 0.216. The molecule has 8 rings (SSSR count). The maximum Gasteiger partial charge on any atom is 0.324 e. The van der Waals surface area contributed by atoms with E-state index in [-0.39, 0.29) is 43.0 Å². The molecule has 0 aliphatic carbocycles. The summed E-state index contributed by atoms with van der Waals surface area (Å²) in [6, 6.07) is 7.82. The lowest BCUT2D eigenvalue weighted by Crippen LogP contribution is -2.65. The molecule has 4 aliphatic heterocycles. The minimum Gasteiger partial charge on any atom is -0.464 e. The van der Waals surface area contributed by atoms with Gasteiger partial charge in [-0.15, -0.1) is 11.3 Å². The molecule has 0 saturated carbocycles. The number of nitrogens with one attached hydrogen (secondary N) is 2. The first kappa shape index (κ1) is 44.7.